The maximum atomic E-state index is 11.7. The van der Waals surface area contributed by atoms with Crippen LogP contribution in [0.4, 0.5) is 0 Å². The first-order valence-corrected chi connectivity index (χ1v) is 6.22. The topological polar surface area (TPSA) is 44.8 Å². The Morgan fingerprint density at radius 3 is 2.92 bits per heavy atom. The van der Waals surface area contributed by atoms with Crippen molar-refractivity contribution in [2.75, 3.05) is 12.5 Å². The summed E-state index contributed by atoms with van der Waals surface area (Å²) >= 11 is 5.59. The van der Waals surface area contributed by atoms with Gasteiger partial charge in [0.1, 0.15) is 0 Å². The lowest BCUT2D eigenvalue weighted by Gasteiger charge is -2.28. The van der Waals surface area contributed by atoms with Gasteiger partial charge in [-0.15, -0.1) is 11.6 Å². The maximum Gasteiger partial charge on any atom is 0.475 e. The van der Waals surface area contributed by atoms with Gasteiger partial charge in [0.15, 0.2) is 0 Å². The highest BCUT2D eigenvalue weighted by Gasteiger charge is 2.35. The lowest BCUT2D eigenvalue weighted by Crippen LogP contribution is -2.23. The number of phosphoric ester groups is 1. The van der Waals surface area contributed by atoms with E-state index in [0.717, 1.165) is 0 Å². The van der Waals surface area contributed by atoms with Gasteiger partial charge >= 0.3 is 7.82 Å². The van der Waals surface area contributed by atoms with Gasteiger partial charge in [-0.25, -0.2) is 4.57 Å². The molecule has 0 aromatic rings. The van der Waals surface area contributed by atoms with Gasteiger partial charge in [-0.2, -0.15) is 0 Å². The summed E-state index contributed by atoms with van der Waals surface area (Å²) in [6, 6.07) is 0. The number of hydrogen-bond acceptors (Lipinski definition) is 4. The van der Waals surface area contributed by atoms with Crippen LogP contribution in [0.5, 0.6) is 0 Å². The SMILES string of the molecule is CC(C)OP1(=O)OCCC(CCl)O1. The molecule has 0 aliphatic carbocycles. The fourth-order valence-corrected chi connectivity index (χ4v) is 2.85. The second-order valence-corrected chi connectivity index (χ2v) is 4.99. The van der Waals surface area contributed by atoms with E-state index in [1.807, 2.05) is 0 Å². The Balaban J connectivity index is 2.52. The number of alkyl halides is 1. The Kier molecular flexibility index (Phi) is 4.20. The van der Waals surface area contributed by atoms with Crippen LogP contribution in [0.1, 0.15) is 20.3 Å². The van der Waals surface area contributed by atoms with Crippen molar-refractivity contribution >= 4 is 19.4 Å². The molecular weight excluding hydrogens is 214 g/mol. The van der Waals surface area contributed by atoms with E-state index in [0.29, 0.717) is 18.9 Å². The van der Waals surface area contributed by atoms with Crippen LogP contribution in [0.3, 0.4) is 0 Å². The highest BCUT2D eigenvalue weighted by atomic mass is 35.5. The van der Waals surface area contributed by atoms with Crippen molar-refractivity contribution in [3.8, 4) is 0 Å². The van der Waals surface area contributed by atoms with Gasteiger partial charge in [0.2, 0.25) is 0 Å². The lowest BCUT2D eigenvalue weighted by atomic mass is 10.3. The molecule has 0 bridgehead atoms. The molecule has 1 heterocycles. The molecule has 0 aromatic carbocycles. The predicted octanol–water partition coefficient (Wildman–Crippen LogP) is 2.56. The molecule has 0 amide bonds. The van der Waals surface area contributed by atoms with Crippen molar-refractivity contribution in [3.05, 3.63) is 0 Å². The smallest absolute Gasteiger partial charge is 0.287 e. The van der Waals surface area contributed by atoms with E-state index in [1.165, 1.54) is 0 Å². The average molecular weight is 229 g/mol. The third-order valence-corrected chi connectivity index (χ3v) is 3.56. The minimum atomic E-state index is -3.33. The molecule has 0 N–H and O–H groups in total. The number of rotatable bonds is 3. The molecule has 2 atom stereocenters. The third-order valence-electron chi connectivity index (χ3n) is 1.48. The van der Waals surface area contributed by atoms with Crippen LogP contribution < -0.4 is 0 Å². The summed E-state index contributed by atoms with van der Waals surface area (Å²) in [4.78, 5) is 0. The highest BCUT2D eigenvalue weighted by molar-refractivity contribution is 7.48. The Morgan fingerprint density at radius 1 is 1.69 bits per heavy atom. The van der Waals surface area contributed by atoms with Crippen LogP contribution in [-0.2, 0) is 18.1 Å². The van der Waals surface area contributed by atoms with Crippen LogP contribution in [0.2, 0.25) is 0 Å². The van der Waals surface area contributed by atoms with E-state index in [9.17, 15) is 4.57 Å². The summed E-state index contributed by atoms with van der Waals surface area (Å²) in [5.41, 5.74) is 0. The summed E-state index contributed by atoms with van der Waals surface area (Å²) in [6.45, 7) is 3.93. The van der Waals surface area contributed by atoms with E-state index in [1.54, 1.807) is 13.8 Å². The van der Waals surface area contributed by atoms with Gasteiger partial charge in [0.05, 0.1) is 18.8 Å². The molecule has 0 spiro atoms. The Hall–Kier alpha value is 0.400. The van der Waals surface area contributed by atoms with E-state index in [-0.39, 0.29) is 12.2 Å². The summed E-state index contributed by atoms with van der Waals surface area (Å²) in [5, 5.41) is 0. The molecule has 1 rings (SSSR count). The molecule has 2 unspecified atom stereocenters. The van der Waals surface area contributed by atoms with E-state index in [2.05, 4.69) is 0 Å². The van der Waals surface area contributed by atoms with E-state index < -0.39 is 7.82 Å². The number of phosphoric acid groups is 1. The molecule has 78 valence electrons. The average Bonchev–Trinajstić information content (AvgIpc) is 2.02. The van der Waals surface area contributed by atoms with Gasteiger partial charge in [0.25, 0.3) is 0 Å². The molecule has 0 radical (unpaired) electrons. The summed E-state index contributed by atoms with van der Waals surface area (Å²) in [7, 11) is -3.33. The second kappa shape index (κ2) is 4.76. The molecule has 1 fully saturated rings. The van der Waals surface area contributed by atoms with E-state index in [4.69, 9.17) is 25.2 Å². The second-order valence-electron chi connectivity index (χ2n) is 3.10. The van der Waals surface area contributed by atoms with Gasteiger partial charge in [-0.3, -0.25) is 13.6 Å². The lowest BCUT2D eigenvalue weighted by molar-refractivity contribution is 0.0263. The maximum absolute atomic E-state index is 11.7. The molecule has 1 saturated heterocycles. The van der Waals surface area contributed by atoms with Crippen molar-refractivity contribution < 1.29 is 18.1 Å². The molecule has 0 aromatic heterocycles. The molecule has 4 nitrogen and oxygen atoms in total. The minimum absolute atomic E-state index is 0.181. The van der Waals surface area contributed by atoms with Crippen LogP contribution in [0.15, 0.2) is 0 Å². The predicted molar refractivity (Wildman–Crippen MR) is 50.0 cm³/mol. The zero-order chi connectivity index (χ0) is 9.90. The molecular formula is C7H14ClO4P. The third kappa shape index (κ3) is 3.56. The van der Waals surface area contributed by atoms with Crippen LogP contribution in [0.25, 0.3) is 0 Å². The van der Waals surface area contributed by atoms with Crippen molar-refractivity contribution in [1.82, 2.24) is 0 Å². The first-order valence-electron chi connectivity index (χ1n) is 4.23. The molecule has 13 heavy (non-hydrogen) atoms. The zero-order valence-corrected chi connectivity index (χ0v) is 9.38. The molecule has 1 aliphatic rings. The number of hydrogen-bond donors (Lipinski definition) is 0. The van der Waals surface area contributed by atoms with Gasteiger partial charge in [-0.05, 0) is 20.3 Å². The van der Waals surface area contributed by atoms with E-state index >= 15 is 0 Å². The molecule has 6 heteroatoms. The van der Waals surface area contributed by atoms with Crippen LogP contribution >= 0.6 is 19.4 Å². The summed E-state index contributed by atoms with van der Waals surface area (Å²) in [5.74, 6) is 0.314. The fourth-order valence-electron chi connectivity index (χ4n) is 0.980. The monoisotopic (exact) mass is 228 g/mol. The van der Waals surface area contributed by atoms with Gasteiger partial charge in [-0.1, -0.05) is 0 Å². The number of halogens is 1. The summed E-state index contributed by atoms with van der Waals surface area (Å²) in [6.07, 6.45) is 0.259. The van der Waals surface area contributed by atoms with Crippen molar-refractivity contribution in [2.45, 2.75) is 32.5 Å². The Morgan fingerprint density at radius 2 is 2.38 bits per heavy atom. The fraction of sp³-hybridized carbons (Fsp3) is 1.00. The quantitative estimate of drug-likeness (QED) is 0.550. The standard InChI is InChI=1S/C7H14ClO4P/c1-6(2)11-13(9)10-4-3-7(5-8)12-13/h6-7H,3-5H2,1-2H3. The zero-order valence-electron chi connectivity index (χ0n) is 7.73. The van der Waals surface area contributed by atoms with Gasteiger partial charge < -0.3 is 0 Å². The Labute approximate surface area is 83.1 Å². The molecule has 0 saturated carbocycles. The normalized spacial score (nSPS) is 35.2. The first kappa shape index (κ1) is 11.5. The van der Waals surface area contributed by atoms with Crippen LogP contribution in [-0.4, -0.2) is 24.7 Å². The minimum Gasteiger partial charge on any atom is -0.287 e. The van der Waals surface area contributed by atoms with Crippen molar-refractivity contribution in [3.63, 3.8) is 0 Å². The first-order chi connectivity index (χ1) is 6.06. The van der Waals surface area contributed by atoms with Crippen molar-refractivity contribution in [1.29, 1.82) is 0 Å². The van der Waals surface area contributed by atoms with Gasteiger partial charge in [0, 0.05) is 5.88 Å². The largest absolute Gasteiger partial charge is 0.475 e. The van der Waals surface area contributed by atoms with Crippen molar-refractivity contribution in [2.24, 2.45) is 0 Å². The highest BCUT2D eigenvalue weighted by Crippen LogP contribution is 2.54. The summed E-state index contributed by atoms with van der Waals surface area (Å²) < 4.78 is 26.8. The van der Waals surface area contributed by atoms with Crippen LogP contribution in [0, 0.1) is 0 Å². The molecule has 1 aliphatic heterocycles. The Bertz CT molecular complexity index is 209.